The van der Waals surface area contributed by atoms with Crippen LogP contribution in [-0.4, -0.2) is 30.6 Å². The topological polar surface area (TPSA) is 20.3 Å². The first kappa shape index (κ1) is 10.2. The third-order valence-corrected chi connectivity index (χ3v) is 2.52. The minimum Gasteiger partial charge on any atom is -0.339 e. The average molecular weight is 185 g/mol. The molecule has 0 aromatic rings. The number of rotatable bonds is 3. The van der Waals surface area contributed by atoms with Crippen LogP contribution in [-0.2, 0) is 4.79 Å². The monoisotopic (exact) mass is 185 g/mol. The molecule has 0 aliphatic carbocycles. The van der Waals surface area contributed by atoms with Gasteiger partial charge in [0.15, 0.2) is 0 Å². The molecule has 0 spiro atoms. The molecular formula is C10H16FNO. The number of hydrogen-bond acceptors (Lipinski definition) is 1. The molecule has 1 unspecified atom stereocenters. The van der Waals surface area contributed by atoms with E-state index in [1.54, 1.807) is 4.90 Å². The molecule has 0 aromatic heterocycles. The Balaban J connectivity index is 2.41. The van der Waals surface area contributed by atoms with Crippen LogP contribution >= 0.6 is 0 Å². The van der Waals surface area contributed by atoms with Gasteiger partial charge in [-0.25, -0.2) is 0 Å². The van der Waals surface area contributed by atoms with Crippen LogP contribution < -0.4 is 0 Å². The lowest BCUT2D eigenvalue weighted by Crippen LogP contribution is -2.39. The van der Waals surface area contributed by atoms with Gasteiger partial charge >= 0.3 is 0 Å². The van der Waals surface area contributed by atoms with Gasteiger partial charge in [-0.05, 0) is 31.3 Å². The van der Waals surface area contributed by atoms with E-state index in [1.165, 1.54) is 6.08 Å². The predicted molar refractivity (Wildman–Crippen MR) is 50.1 cm³/mol. The van der Waals surface area contributed by atoms with Crippen molar-refractivity contribution >= 4 is 5.91 Å². The summed E-state index contributed by atoms with van der Waals surface area (Å²) in [7, 11) is 0. The normalized spacial score (nSPS) is 22.8. The maximum atomic E-state index is 12.1. The lowest BCUT2D eigenvalue weighted by atomic mass is 9.95. The van der Waals surface area contributed by atoms with Crippen molar-refractivity contribution in [3.8, 4) is 0 Å². The second-order valence-electron chi connectivity index (χ2n) is 3.47. The number of halogens is 1. The summed E-state index contributed by atoms with van der Waals surface area (Å²) < 4.78 is 12.1. The number of alkyl halides is 1. The summed E-state index contributed by atoms with van der Waals surface area (Å²) in [6.07, 6.45) is 3.95. The van der Waals surface area contributed by atoms with Gasteiger partial charge in [0.2, 0.25) is 5.91 Å². The van der Waals surface area contributed by atoms with Crippen LogP contribution in [0.5, 0.6) is 0 Å². The Morgan fingerprint density at radius 1 is 1.69 bits per heavy atom. The highest BCUT2D eigenvalue weighted by Gasteiger charge is 2.21. The molecule has 3 heteroatoms. The fourth-order valence-electron chi connectivity index (χ4n) is 1.78. The van der Waals surface area contributed by atoms with Crippen molar-refractivity contribution in [2.75, 3.05) is 19.8 Å². The minimum atomic E-state index is -0.277. The smallest absolute Gasteiger partial charge is 0.245 e. The maximum absolute atomic E-state index is 12.1. The SMILES string of the molecule is C=CC(=O)N1CCCC(CCF)C1. The second kappa shape index (κ2) is 5.00. The number of carbonyl (C=O) groups is 1. The van der Waals surface area contributed by atoms with E-state index in [0.29, 0.717) is 18.9 Å². The summed E-state index contributed by atoms with van der Waals surface area (Å²) >= 11 is 0. The molecule has 1 atom stereocenters. The van der Waals surface area contributed by atoms with Crippen molar-refractivity contribution in [1.29, 1.82) is 0 Å². The van der Waals surface area contributed by atoms with E-state index in [-0.39, 0.29) is 12.6 Å². The van der Waals surface area contributed by atoms with Crippen LogP contribution in [0.2, 0.25) is 0 Å². The Morgan fingerprint density at radius 2 is 2.46 bits per heavy atom. The Labute approximate surface area is 78.4 Å². The lowest BCUT2D eigenvalue weighted by Gasteiger charge is -2.31. The fraction of sp³-hybridized carbons (Fsp3) is 0.700. The number of likely N-dealkylation sites (tertiary alicyclic amines) is 1. The first-order valence-corrected chi connectivity index (χ1v) is 4.75. The number of nitrogens with zero attached hydrogens (tertiary/aromatic N) is 1. The standard InChI is InChI=1S/C10H16FNO/c1-2-10(13)12-7-3-4-9(8-12)5-6-11/h2,9H,1,3-8H2. The van der Waals surface area contributed by atoms with E-state index in [2.05, 4.69) is 6.58 Å². The molecule has 1 amide bonds. The van der Waals surface area contributed by atoms with Crippen molar-refractivity contribution in [2.24, 2.45) is 5.92 Å². The highest BCUT2D eigenvalue weighted by atomic mass is 19.1. The molecule has 0 radical (unpaired) electrons. The van der Waals surface area contributed by atoms with Crippen LogP contribution in [0, 0.1) is 5.92 Å². The van der Waals surface area contributed by atoms with E-state index >= 15 is 0 Å². The molecule has 1 fully saturated rings. The quantitative estimate of drug-likeness (QED) is 0.614. The van der Waals surface area contributed by atoms with Gasteiger partial charge in [0, 0.05) is 13.1 Å². The number of piperidine rings is 1. The Kier molecular flexibility index (Phi) is 3.93. The van der Waals surface area contributed by atoms with E-state index in [0.717, 1.165) is 19.4 Å². The second-order valence-corrected chi connectivity index (χ2v) is 3.47. The first-order valence-electron chi connectivity index (χ1n) is 4.75. The Hall–Kier alpha value is -0.860. The molecule has 0 N–H and O–H groups in total. The minimum absolute atomic E-state index is 0.0245. The molecule has 0 saturated carbocycles. The van der Waals surface area contributed by atoms with Gasteiger partial charge in [0.1, 0.15) is 0 Å². The van der Waals surface area contributed by atoms with Crippen molar-refractivity contribution in [3.63, 3.8) is 0 Å². The molecule has 0 bridgehead atoms. The van der Waals surface area contributed by atoms with Gasteiger partial charge in [0.05, 0.1) is 6.67 Å². The third-order valence-electron chi connectivity index (χ3n) is 2.52. The zero-order valence-electron chi connectivity index (χ0n) is 7.84. The summed E-state index contributed by atoms with van der Waals surface area (Å²) in [4.78, 5) is 13.0. The maximum Gasteiger partial charge on any atom is 0.245 e. The van der Waals surface area contributed by atoms with Gasteiger partial charge in [-0.15, -0.1) is 0 Å². The fourth-order valence-corrected chi connectivity index (χ4v) is 1.78. The van der Waals surface area contributed by atoms with Gasteiger partial charge in [-0.3, -0.25) is 9.18 Å². The lowest BCUT2D eigenvalue weighted by molar-refractivity contribution is -0.127. The summed E-state index contributed by atoms with van der Waals surface area (Å²) in [5.41, 5.74) is 0. The molecule has 13 heavy (non-hydrogen) atoms. The van der Waals surface area contributed by atoms with Gasteiger partial charge in [0.25, 0.3) is 0 Å². The number of amides is 1. The molecule has 2 nitrogen and oxygen atoms in total. The third kappa shape index (κ3) is 2.83. The summed E-state index contributed by atoms with van der Waals surface area (Å²) in [5.74, 6) is 0.325. The molecule has 1 heterocycles. The number of hydrogen-bond donors (Lipinski definition) is 0. The van der Waals surface area contributed by atoms with Crippen LogP contribution in [0.25, 0.3) is 0 Å². The van der Waals surface area contributed by atoms with E-state index in [9.17, 15) is 9.18 Å². The Morgan fingerprint density at radius 3 is 3.08 bits per heavy atom. The van der Waals surface area contributed by atoms with E-state index in [1.807, 2.05) is 0 Å². The van der Waals surface area contributed by atoms with Crippen molar-refractivity contribution in [1.82, 2.24) is 4.90 Å². The average Bonchev–Trinajstić information content (AvgIpc) is 2.18. The molecule has 74 valence electrons. The molecular weight excluding hydrogens is 169 g/mol. The van der Waals surface area contributed by atoms with Crippen LogP contribution in [0.3, 0.4) is 0 Å². The van der Waals surface area contributed by atoms with Gasteiger partial charge in [-0.2, -0.15) is 0 Å². The summed E-state index contributed by atoms with van der Waals surface area (Å²) in [6, 6.07) is 0. The zero-order valence-corrected chi connectivity index (χ0v) is 7.84. The van der Waals surface area contributed by atoms with Crippen molar-refractivity contribution in [2.45, 2.75) is 19.3 Å². The Bertz CT molecular complexity index is 191. The zero-order chi connectivity index (χ0) is 9.68. The van der Waals surface area contributed by atoms with Crippen molar-refractivity contribution in [3.05, 3.63) is 12.7 Å². The summed E-state index contributed by atoms with van der Waals surface area (Å²) in [5, 5.41) is 0. The highest BCUT2D eigenvalue weighted by Crippen LogP contribution is 2.19. The summed E-state index contributed by atoms with van der Waals surface area (Å²) in [6.45, 7) is 4.67. The number of carbonyl (C=O) groups excluding carboxylic acids is 1. The predicted octanol–water partition coefficient (Wildman–Crippen LogP) is 1.77. The largest absolute Gasteiger partial charge is 0.339 e. The molecule has 1 rings (SSSR count). The van der Waals surface area contributed by atoms with Crippen molar-refractivity contribution < 1.29 is 9.18 Å². The molecule has 1 aliphatic heterocycles. The molecule has 1 saturated heterocycles. The van der Waals surface area contributed by atoms with Gasteiger partial charge < -0.3 is 4.90 Å². The van der Waals surface area contributed by atoms with Crippen LogP contribution in [0.15, 0.2) is 12.7 Å². The highest BCUT2D eigenvalue weighted by molar-refractivity contribution is 5.87. The van der Waals surface area contributed by atoms with Crippen LogP contribution in [0.1, 0.15) is 19.3 Å². The first-order chi connectivity index (χ1) is 6.27. The van der Waals surface area contributed by atoms with E-state index < -0.39 is 0 Å². The van der Waals surface area contributed by atoms with E-state index in [4.69, 9.17) is 0 Å². The molecule has 1 aliphatic rings. The molecule has 0 aromatic carbocycles. The van der Waals surface area contributed by atoms with Crippen LogP contribution in [0.4, 0.5) is 4.39 Å². The van der Waals surface area contributed by atoms with Gasteiger partial charge in [-0.1, -0.05) is 6.58 Å².